The second kappa shape index (κ2) is 11.6. The van der Waals surface area contributed by atoms with Gasteiger partial charge in [-0.25, -0.2) is 13.8 Å². The van der Waals surface area contributed by atoms with Gasteiger partial charge in [0.25, 0.3) is 5.92 Å². The fourth-order valence-electron chi connectivity index (χ4n) is 4.32. The lowest BCUT2D eigenvalue weighted by Gasteiger charge is -2.40. The van der Waals surface area contributed by atoms with Crippen LogP contribution in [0.2, 0.25) is 18.1 Å². The van der Waals surface area contributed by atoms with Crippen molar-refractivity contribution in [3.05, 3.63) is 36.3 Å². The third-order valence-electron chi connectivity index (χ3n) is 8.36. The summed E-state index contributed by atoms with van der Waals surface area (Å²) in [5.74, 6) is -2.57. The smallest absolute Gasteiger partial charge is 0.258 e. The Hall–Kier alpha value is -2.37. The number of nitrogens with zero attached hydrogens (tertiary/aromatic N) is 4. The number of likely N-dealkylation sites (tertiary alicyclic amines) is 1. The number of ether oxygens (including phenoxy) is 1. The Morgan fingerprint density at radius 1 is 1.26 bits per heavy atom. The Balaban J connectivity index is 1.32. The summed E-state index contributed by atoms with van der Waals surface area (Å²) in [5.41, 5.74) is 0.341. The van der Waals surface area contributed by atoms with Gasteiger partial charge in [0.1, 0.15) is 11.6 Å². The van der Waals surface area contributed by atoms with Crippen LogP contribution in [0.4, 0.5) is 14.6 Å². The van der Waals surface area contributed by atoms with Gasteiger partial charge in [0.05, 0.1) is 43.6 Å². The van der Waals surface area contributed by atoms with Gasteiger partial charge in [0.2, 0.25) is 5.91 Å². The first-order valence-electron chi connectivity index (χ1n) is 13.9. The molecule has 2 fully saturated rings. The molecule has 2 aromatic rings. The largest absolute Gasteiger partial charge is 0.492 e. The van der Waals surface area contributed by atoms with Gasteiger partial charge >= 0.3 is 0 Å². The average molecular weight is 564 g/mol. The van der Waals surface area contributed by atoms with Crippen molar-refractivity contribution in [3.8, 4) is 5.75 Å². The van der Waals surface area contributed by atoms with Gasteiger partial charge in [0.15, 0.2) is 8.32 Å². The third kappa shape index (κ3) is 7.64. The molecule has 1 aliphatic carbocycles. The highest BCUT2D eigenvalue weighted by molar-refractivity contribution is 6.74. The summed E-state index contributed by atoms with van der Waals surface area (Å²) in [6, 6.07) is 4.54. The maximum Gasteiger partial charge on any atom is 0.258 e. The highest BCUT2D eigenvalue weighted by Crippen LogP contribution is 2.40. The SMILES string of the molecule is C[C@@H](C(=O)Nc1ccc(OCC2CC2)cn1)N1CCC(F)(F)C(c2ccn(CCO[Si](C)(C)C(C)(C)C)n2)C1. The average Bonchev–Trinajstić information content (AvgIpc) is 3.58. The van der Waals surface area contributed by atoms with E-state index < -0.39 is 26.2 Å². The number of pyridine rings is 1. The highest BCUT2D eigenvalue weighted by Gasteiger charge is 2.47. The quantitative estimate of drug-likeness (QED) is 0.362. The van der Waals surface area contributed by atoms with Crippen LogP contribution in [0.1, 0.15) is 58.6 Å². The van der Waals surface area contributed by atoms with Crippen LogP contribution in [0.15, 0.2) is 30.6 Å². The minimum absolute atomic E-state index is 0.0421. The van der Waals surface area contributed by atoms with E-state index in [9.17, 15) is 4.79 Å². The minimum Gasteiger partial charge on any atom is -0.492 e. The molecule has 2 atom stereocenters. The van der Waals surface area contributed by atoms with E-state index in [2.05, 4.69) is 49.3 Å². The summed E-state index contributed by atoms with van der Waals surface area (Å²) in [7, 11) is -1.89. The fourth-order valence-corrected chi connectivity index (χ4v) is 5.36. The fraction of sp³-hybridized carbons (Fsp3) is 0.679. The molecule has 1 saturated carbocycles. The van der Waals surface area contributed by atoms with Gasteiger partial charge in [-0.3, -0.25) is 14.4 Å². The van der Waals surface area contributed by atoms with Crippen LogP contribution in [0.25, 0.3) is 0 Å². The predicted octanol–water partition coefficient (Wildman–Crippen LogP) is 5.54. The molecule has 1 saturated heterocycles. The molecule has 1 unspecified atom stereocenters. The van der Waals surface area contributed by atoms with E-state index in [0.29, 0.717) is 42.9 Å². The van der Waals surface area contributed by atoms with E-state index in [1.54, 1.807) is 47.1 Å². The summed E-state index contributed by atoms with van der Waals surface area (Å²) in [6.45, 7) is 14.5. The van der Waals surface area contributed by atoms with E-state index in [0.717, 1.165) is 0 Å². The minimum atomic E-state index is -2.90. The van der Waals surface area contributed by atoms with Crippen LogP contribution in [0.3, 0.4) is 0 Å². The lowest BCUT2D eigenvalue weighted by Crippen LogP contribution is -2.52. The first-order chi connectivity index (χ1) is 18.2. The van der Waals surface area contributed by atoms with Crippen molar-refractivity contribution in [2.24, 2.45) is 5.92 Å². The molecule has 11 heteroatoms. The number of halogens is 2. The Bertz CT molecular complexity index is 1120. The molecule has 3 heterocycles. The van der Waals surface area contributed by atoms with E-state index in [1.165, 1.54) is 12.8 Å². The highest BCUT2D eigenvalue weighted by atomic mass is 28.4. The molecule has 1 amide bonds. The van der Waals surface area contributed by atoms with Crippen LogP contribution in [-0.2, 0) is 15.8 Å². The van der Waals surface area contributed by atoms with Gasteiger partial charge in [-0.1, -0.05) is 20.8 Å². The van der Waals surface area contributed by atoms with Crippen molar-refractivity contribution in [3.63, 3.8) is 0 Å². The van der Waals surface area contributed by atoms with E-state index >= 15 is 8.78 Å². The number of carbonyl (C=O) groups is 1. The molecule has 1 aliphatic heterocycles. The standard InChI is InChI=1S/C28H43F2N5O3Si/c1-20(26(36)32-25-10-9-22(17-31-25)37-19-21-7-8-21)34-14-12-28(29,30)23(18-34)24-11-13-35(33-24)15-16-38-39(5,6)27(2,3)4/h9-11,13,17,20-21,23H,7-8,12,14-16,18-19H2,1-6H3,(H,31,32,36)/t20-,23?/m0/s1. The number of nitrogens with one attached hydrogen (secondary N) is 1. The molecule has 0 bridgehead atoms. The molecule has 2 aliphatic rings. The number of aromatic nitrogens is 3. The zero-order valence-electron chi connectivity index (χ0n) is 24.0. The zero-order valence-corrected chi connectivity index (χ0v) is 25.0. The zero-order chi connectivity index (χ0) is 28.4. The summed E-state index contributed by atoms with van der Waals surface area (Å²) < 4.78 is 43.6. The van der Waals surface area contributed by atoms with E-state index in [-0.39, 0.29) is 30.5 Å². The normalized spacial score (nSPS) is 21.0. The first-order valence-corrected chi connectivity index (χ1v) is 16.8. The van der Waals surface area contributed by atoms with Crippen molar-refractivity contribution in [2.75, 3.05) is 31.6 Å². The summed E-state index contributed by atoms with van der Waals surface area (Å²) in [6.07, 6.45) is 5.41. The molecule has 8 nitrogen and oxygen atoms in total. The Morgan fingerprint density at radius 3 is 2.64 bits per heavy atom. The molecule has 1 N–H and O–H groups in total. The van der Waals surface area contributed by atoms with Crippen LogP contribution in [0, 0.1) is 5.92 Å². The number of carbonyl (C=O) groups excluding carboxylic acids is 1. The Kier molecular flexibility index (Phi) is 8.82. The van der Waals surface area contributed by atoms with Crippen LogP contribution >= 0.6 is 0 Å². The number of alkyl halides is 2. The lowest BCUT2D eigenvalue weighted by molar-refractivity contribution is -0.125. The second-order valence-electron chi connectivity index (χ2n) is 12.5. The van der Waals surface area contributed by atoms with Crippen LogP contribution in [-0.4, -0.2) is 72.2 Å². The van der Waals surface area contributed by atoms with Crippen LogP contribution in [0.5, 0.6) is 5.75 Å². The summed E-state index contributed by atoms with van der Waals surface area (Å²) in [4.78, 5) is 19.0. The maximum absolute atomic E-state index is 15.0. The maximum atomic E-state index is 15.0. The topological polar surface area (TPSA) is 81.5 Å². The van der Waals surface area contributed by atoms with Gasteiger partial charge in [-0.05, 0) is 62.0 Å². The van der Waals surface area contributed by atoms with Crippen LogP contribution < -0.4 is 10.1 Å². The number of hydrogen-bond donors (Lipinski definition) is 1. The Morgan fingerprint density at radius 2 is 2.00 bits per heavy atom. The van der Waals surface area contributed by atoms with Gasteiger partial charge < -0.3 is 14.5 Å². The molecule has 39 heavy (non-hydrogen) atoms. The number of rotatable bonds is 11. The van der Waals surface area contributed by atoms with Gasteiger partial charge in [-0.15, -0.1) is 0 Å². The first kappa shape index (κ1) is 29.6. The van der Waals surface area contributed by atoms with Crippen molar-refractivity contribution >= 4 is 20.0 Å². The Labute approximate surface area is 231 Å². The molecular weight excluding hydrogens is 520 g/mol. The monoisotopic (exact) mass is 563 g/mol. The van der Waals surface area contributed by atoms with Crippen molar-refractivity contribution in [2.45, 2.75) is 89.5 Å². The van der Waals surface area contributed by atoms with Gasteiger partial charge in [-0.2, -0.15) is 5.10 Å². The molecule has 2 aromatic heterocycles. The van der Waals surface area contributed by atoms with Crippen molar-refractivity contribution in [1.29, 1.82) is 0 Å². The molecule has 4 rings (SSSR count). The van der Waals surface area contributed by atoms with Crippen molar-refractivity contribution in [1.82, 2.24) is 19.7 Å². The molecule has 0 spiro atoms. The van der Waals surface area contributed by atoms with Gasteiger partial charge in [0, 0.05) is 25.7 Å². The summed E-state index contributed by atoms with van der Waals surface area (Å²) in [5, 5.41) is 7.38. The lowest BCUT2D eigenvalue weighted by atomic mass is 9.90. The number of hydrogen-bond acceptors (Lipinski definition) is 6. The predicted molar refractivity (Wildman–Crippen MR) is 150 cm³/mol. The molecule has 0 aromatic carbocycles. The summed E-state index contributed by atoms with van der Waals surface area (Å²) >= 11 is 0. The van der Waals surface area contributed by atoms with E-state index in [1.807, 2.05) is 0 Å². The van der Waals surface area contributed by atoms with E-state index in [4.69, 9.17) is 9.16 Å². The number of amides is 1. The molecule has 216 valence electrons. The molecular formula is C28H43F2N5O3Si. The van der Waals surface area contributed by atoms with Crippen molar-refractivity contribution < 1.29 is 22.7 Å². The second-order valence-corrected chi connectivity index (χ2v) is 17.3. The molecule has 0 radical (unpaired) electrons. The number of anilines is 1. The third-order valence-corrected chi connectivity index (χ3v) is 12.9. The number of piperidine rings is 1.